The normalized spacial score (nSPS) is 40.6. The second-order valence-electron chi connectivity index (χ2n) is 5.90. The van der Waals surface area contributed by atoms with Crippen molar-refractivity contribution in [1.82, 2.24) is 14.7 Å². The molecule has 1 aromatic rings. The molecule has 0 aromatic carbocycles. The molecule has 1 saturated heterocycles. The highest BCUT2D eigenvalue weighted by Crippen LogP contribution is 2.52. The van der Waals surface area contributed by atoms with E-state index in [1.807, 2.05) is 0 Å². The number of nitrogens with one attached hydrogen (secondary N) is 1. The summed E-state index contributed by atoms with van der Waals surface area (Å²) in [5.41, 5.74) is 0. The van der Waals surface area contributed by atoms with Gasteiger partial charge >= 0.3 is 0 Å². The number of nitrogens with zero attached hydrogens (tertiary/aromatic N) is 2. The predicted octanol–water partition coefficient (Wildman–Crippen LogP) is 1.87. The Bertz CT molecular complexity index is 447. The lowest BCUT2D eigenvalue weighted by Crippen LogP contribution is -2.41. The summed E-state index contributed by atoms with van der Waals surface area (Å²) in [6, 6.07) is 0.576. The summed E-state index contributed by atoms with van der Waals surface area (Å²) in [6.07, 6.45) is 5.10. The third-order valence-electron chi connectivity index (χ3n) is 4.84. The third kappa shape index (κ3) is 1.60. The van der Waals surface area contributed by atoms with Crippen LogP contribution in [0.15, 0.2) is 0 Å². The average Bonchev–Trinajstić information content (AvgIpc) is 3.03. The van der Waals surface area contributed by atoms with Crippen molar-refractivity contribution in [3.63, 3.8) is 0 Å². The third-order valence-corrected chi connectivity index (χ3v) is 5.49. The Balaban J connectivity index is 1.48. The second-order valence-corrected chi connectivity index (χ2v) is 6.61. The van der Waals surface area contributed by atoms with E-state index in [-0.39, 0.29) is 0 Å². The first kappa shape index (κ1) is 11.2. The van der Waals surface area contributed by atoms with Crippen molar-refractivity contribution < 1.29 is 4.74 Å². The van der Waals surface area contributed by atoms with Gasteiger partial charge < -0.3 is 10.1 Å². The minimum Gasteiger partial charge on any atom is -0.464 e. The Hall–Kier alpha value is -0.680. The monoisotopic (exact) mass is 265 g/mol. The maximum absolute atomic E-state index is 6.15. The number of aromatic nitrogens is 2. The van der Waals surface area contributed by atoms with Crippen LogP contribution in [0.25, 0.3) is 0 Å². The molecule has 0 spiro atoms. The molecule has 18 heavy (non-hydrogen) atoms. The van der Waals surface area contributed by atoms with E-state index in [0.29, 0.717) is 12.1 Å². The number of aryl methyl sites for hydroxylation is 1. The number of ether oxygens (including phenoxy) is 1. The molecule has 2 bridgehead atoms. The van der Waals surface area contributed by atoms with Gasteiger partial charge in [-0.1, -0.05) is 6.92 Å². The van der Waals surface area contributed by atoms with Gasteiger partial charge in [-0.25, -0.2) is 0 Å². The fourth-order valence-electron chi connectivity index (χ4n) is 4.13. The van der Waals surface area contributed by atoms with Gasteiger partial charge in [0.05, 0.1) is 0 Å². The van der Waals surface area contributed by atoms with Crippen LogP contribution in [-0.4, -0.2) is 28.0 Å². The largest absolute Gasteiger partial charge is 0.464 e. The molecule has 1 aromatic heterocycles. The first-order valence-corrected chi connectivity index (χ1v) is 7.85. The molecule has 4 nitrogen and oxygen atoms in total. The van der Waals surface area contributed by atoms with Crippen LogP contribution in [0, 0.1) is 17.8 Å². The quantitative estimate of drug-likeness (QED) is 0.903. The maximum atomic E-state index is 6.15. The number of rotatable bonds is 4. The molecule has 5 atom stereocenters. The van der Waals surface area contributed by atoms with Gasteiger partial charge in [0.1, 0.15) is 11.9 Å². The fourth-order valence-corrected chi connectivity index (χ4v) is 4.75. The summed E-state index contributed by atoms with van der Waals surface area (Å²) in [6.45, 7) is 3.35. The fraction of sp³-hybridized carbons (Fsp3) is 0.846. The second kappa shape index (κ2) is 4.17. The molecule has 1 aliphatic heterocycles. The number of fused-ring (bicyclic) bond motifs is 1. The van der Waals surface area contributed by atoms with Crippen molar-refractivity contribution in [3.05, 3.63) is 5.82 Å². The highest BCUT2D eigenvalue weighted by atomic mass is 32.1. The molecular formula is C13H19N3OS. The van der Waals surface area contributed by atoms with E-state index in [1.54, 1.807) is 0 Å². The Morgan fingerprint density at radius 3 is 3.22 bits per heavy atom. The van der Waals surface area contributed by atoms with E-state index in [9.17, 15) is 0 Å². The molecule has 3 aliphatic rings. The molecule has 4 rings (SSSR count). The highest BCUT2D eigenvalue weighted by Gasteiger charge is 2.57. The summed E-state index contributed by atoms with van der Waals surface area (Å²) in [5, 5.41) is 4.42. The highest BCUT2D eigenvalue weighted by molar-refractivity contribution is 7.07. The Morgan fingerprint density at radius 1 is 1.39 bits per heavy atom. The molecule has 5 heteroatoms. The van der Waals surface area contributed by atoms with Crippen LogP contribution in [0.2, 0.25) is 0 Å². The molecule has 0 radical (unpaired) electrons. The topological polar surface area (TPSA) is 47.0 Å². The number of hydrogen-bond donors (Lipinski definition) is 1. The van der Waals surface area contributed by atoms with Crippen LogP contribution in [-0.2, 0) is 6.42 Å². The number of hydrogen-bond acceptors (Lipinski definition) is 5. The molecule has 2 aliphatic carbocycles. The first-order valence-electron chi connectivity index (χ1n) is 7.07. The van der Waals surface area contributed by atoms with Gasteiger partial charge in [0.25, 0.3) is 5.19 Å². The molecular weight excluding hydrogens is 246 g/mol. The smallest absolute Gasteiger partial charge is 0.293 e. The van der Waals surface area contributed by atoms with E-state index in [4.69, 9.17) is 4.74 Å². The standard InChI is InChI=1S/C13H19N3OS/c1-2-3-10-15-13(18-16-10)17-12-7-4-8-6-14-11(12)9(8)5-7/h7-9,11-12,14H,2-6H2,1H3. The molecule has 2 heterocycles. The zero-order chi connectivity index (χ0) is 12.1. The lowest BCUT2D eigenvalue weighted by Gasteiger charge is -2.26. The Kier molecular flexibility index (Phi) is 2.59. The van der Waals surface area contributed by atoms with Crippen molar-refractivity contribution in [1.29, 1.82) is 0 Å². The van der Waals surface area contributed by atoms with Crippen LogP contribution >= 0.6 is 11.5 Å². The molecule has 2 saturated carbocycles. The van der Waals surface area contributed by atoms with Crippen LogP contribution in [0.3, 0.4) is 0 Å². The maximum Gasteiger partial charge on any atom is 0.293 e. The van der Waals surface area contributed by atoms with Gasteiger partial charge in [0, 0.05) is 24.0 Å². The van der Waals surface area contributed by atoms with Crippen LogP contribution in [0.4, 0.5) is 0 Å². The van der Waals surface area contributed by atoms with Crippen molar-refractivity contribution >= 4 is 11.5 Å². The van der Waals surface area contributed by atoms with Crippen LogP contribution in [0.5, 0.6) is 5.19 Å². The van der Waals surface area contributed by atoms with E-state index in [2.05, 4.69) is 21.6 Å². The van der Waals surface area contributed by atoms with Gasteiger partial charge in [-0.15, -0.1) is 0 Å². The van der Waals surface area contributed by atoms with Crippen LogP contribution < -0.4 is 10.1 Å². The summed E-state index contributed by atoms with van der Waals surface area (Å²) < 4.78 is 10.5. The van der Waals surface area contributed by atoms with E-state index < -0.39 is 0 Å². The minimum absolute atomic E-state index is 0.344. The molecule has 3 fully saturated rings. The average molecular weight is 265 g/mol. The zero-order valence-corrected chi connectivity index (χ0v) is 11.4. The lowest BCUT2D eigenvalue weighted by atomic mass is 9.88. The molecule has 0 amide bonds. The van der Waals surface area contributed by atoms with E-state index in [1.165, 1.54) is 30.9 Å². The van der Waals surface area contributed by atoms with Gasteiger partial charge in [0.2, 0.25) is 0 Å². The summed E-state index contributed by atoms with van der Waals surface area (Å²) in [4.78, 5) is 4.49. The Morgan fingerprint density at radius 2 is 2.33 bits per heavy atom. The van der Waals surface area contributed by atoms with Gasteiger partial charge in [-0.05, 0) is 43.6 Å². The van der Waals surface area contributed by atoms with Gasteiger partial charge in [0.15, 0.2) is 0 Å². The molecule has 5 unspecified atom stereocenters. The lowest BCUT2D eigenvalue weighted by molar-refractivity contribution is 0.114. The van der Waals surface area contributed by atoms with Gasteiger partial charge in [-0.2, -0.15) is 9.36 Å². The zero-order valence-electron chi connectivity index (χ0n) is 10.6. The first-order chi connectivity index (χ1) is 8.85. The van der Waals surface area contributed by atoms with Crippen molar-refractivity contribution in [2.75, 3.05) is 6.54 Å². The molecule has 98 valence electrons. The Labute approximate surface area is 111 Å². The van der Waals surface area contributed by atoms with E-state index in [0.717, 1.165) is 41.6 Å². The minimum atomic E-state index is 0.344. The van der Waals surface area contributed by atoms with Crippen molar-refractivity contribution in [2.24, 2.45) is 17.8 Å². The van der Waals surface area contributed by atoms with Crippen LogP contribution in [0.1, 0.15) is 32.0 Å². The summed E-state index contributed by atoms with van der Waals surface area (Å²) in [7, 11) is 0. The summed E-state index contributed by atoms with van der Waals surface area (Å²) >= 11 is 1.42. The van der Waals surface area contributed by atoms with Gasteiger partial charge in [-0.3, -0.25) is 0 Å². The van der Waals surface area contributed by atoms with Crippen molar-refractivity contribution in [2.45, 2.75) is 44.8 Å². The molecule has 1 N–H and O–H groups in total. The van der Waals surface area contributed by atoms with E-state index >= 15 is 0 Å². The SMILES string of the molecule is CCCc1nsc(OC2C3CC4CNC2C4C3)n1. The summed E-state index contributed by atoms with van der Waals surface area (Å²) in [5.74, 6) is 3.48. The van der Waals surface area contributed by atoms with Crippen molar-refractivity contribution in [3.8, 4) is 5.19 Å². The predicted molar refractivity (Wildman–Crippen MR) is 69.8 cm³/mol.